The summed E-state index contributed by atoms with van der Waals surface area (Å²) in [6.07, 6.45) is 5.06. The molecular formula is C15H19N3S. The first kappa shape index (κ1) is 12.8. The van der Waals surface area contributed by atoms with E-state index in [1.54, 1.807) is 0 Å². The van der Waals surface area contributed by atoms with E-state index in [1.807, 2.05) is 29.8 Å². The summed E-state index contributed by atoms with van der Waals surface area (Å²) in [5, 5.41) is 5.64. The van der Waals surface area contributed by atoms with Gasteiger partial charge in [0.05, 0.1) is 6.04 Å². The fourth-order valence-corrected chi connectivity index (χ4v) is 3.55. The molecule has 1 atom stereocenters. The number of thiophene rings is 1. The van der Waals surface area contributed by atoms with Crippen molar-refractivity contribution < 1.29 is 0 Å². The minimum absolute atomic E-state index is 0.355. The number of hydrogen-bond donors (Lipinski definition) is 1. The number of aromatic nitrogens is 1. The highest BCUT2D eigenvalue weighted by Crippen LogP contribution is 2.31. The van der Waals surface area contributed by atoms with Crippen molar-refractivity contribution in [1.82, 2.24) is 15.2 Å². The SMILES string of the molecule is c1cncc(C(c2cccs2)N2CCCNCC2)c1. The van der Waals surface area contributed by atoms with Crippen LogP contribution in [0, 0.1) is 0 Å². The molecule has 0 radical (unpaired) electrons. The fourth-order valence-electron chi connectivity index (χ4n) is 2.66. The summed E-state index contributed by atoms with van der Waals surface area (Å²) in [4.78, 5) is 8.28. The van der Waals surface area contributed by atoms with Gasteiger partial charge in [0.2, 0.25) is 0 Å². The average Bonchev–Trinajstić information content (AvgIpc) is 2.84. The summed E-state index contributed by atoms with van der Waals surface area (Å²) in [5.41, 5.74) is 1.30. The van der Waals surface area contributed by atoms with Gasteiger partial charge in [-0.05, 0) is 36.0 Å². The molecule has 3 nitrogen and oxygen atoms in total. The Morgan fingerprint density at radius 3 is 3.00 bits per heavy atom. The topological polar surface area (TPSA) is 28.2 Å². The lowest BCUT2D eigenvalue weighted by molar-refractivity contribution is 0.243. The standard InChI is InChI=1S/C15H19N3S/c1-4-13(12-17-6-1)15(14-5-2-11-19-14)18-9-3-7-16-8-10-18/h1-2,4-6,11-12,15-16H,3,7-10H2. The molecule has 2 aromatic rings. The van der Waals surface area contributed by atoms with E-state index >= 15 is 0 Å². The van der Waals surface area contributed by atoms with Gasteiger partial charge in [-0.1, -0.05) is 12.1 Å². The zero-order chi connectivity index (χ0) is 12.9. The normalized spacial score (nSPS) is 18.9. The van der Waals surface area contributed by atoms with E-state index in [0.29, 0.717) is 6.04 Å². The molecule has 100 valence electrons. The summed E-state index contributed by atoms with van der Waals surface area (Å²) in [5.74, 6) is 0. The summed E-state index contributed by atoms with van der Waals surface area (Å²) < 4.78 is 0. The summed E-state index contributed by atoms with van der Waals surface area (Å²) in [6.45, 7) is 4.44. The molecule has 1 aliphatic rings. The quantitative estimate of drug-likeness (QED) is 0.931. The van der Waals surface area contributed by atoms with E-state index in [4.69, 9.17) is 0 Å². The monoisotopic (exact) mass is 273 g/mol. The van der Waals surface area contributed by atoms with E-state index in [0.717, 1.165) is 26.2 Å². The van der Waals surface area contributed by atoms with Crippen LogP contribution in [0.15, 0.2) is 42.0 Å². The molecule has 4 heteroatoms. The van der Waals surface area contributed by atoms with E-state index in [1.165, 1.54) is 16.9 Å². The number of pyridine rings is 1. The highest BCUT2D eigenvalue weighted by atomic mass is 32.1. The molecular weight excluding hydrogens is 254 g/mol. The second-order valence-corrected chi connectivity index (χ2v) is 5.82. The molecule has 1 aliphatic heterocycles. The van der Waals surface area contributed by atoms with Crippen molar-refractivity contribution in [2.24, 2.45) is 0 Å². The molecule has 0 saturated carbocycles. The Hall–Kier alpha value is -1.23. The molecule has 0 bridgehead atoms. The van der Waals surface area contributed by atoms with Crippen molar-refractivity contribution in [3.05, 3.63) is 52.5 Å². The second kappa shape index (κ2) is 6.28. The minimum Gasteiger partial charge on any atom is -0.315 e. The van der Waals surface area contributed by atoms with Crippen molar-refractivity contribution >= 4 is 11.3 Å². The lowest BCUT2D eigenvalue weighted by Gasteiger charge is -2.29. The van der Waals surface area contributed by atoms with Gasteiger partial charge in [-0.2, -0.15) is 0 Å². The van der Waals surface area contributed by atoms with Crippen LogP contribution in [0.25, 0.3) is 0 Å². The maximum absolute atomic E-state index is 4.30. The first-order chi connectivity index (χ1) is 9.45. The second-order valence-electron chi connectivity index (χ2n) is 4.84. The van der Waals surface area contributed by atoms with Crippen molar-refractivity contribution in [2.75, 3.05) is 26.2 Å². The van der Waals surface area contributed by atoms with Crippen LogP contribution in [0.1, 0.15) is 22.9 Å². The van der Waals surface area contributed by atoms with Gasteiger partial charge < -0.3 is 5.32 Å². The number of rotatable bonds is 3. The van der Waals surface area contributed by atoms with Gasteiger partial charge in [-0.3, -0.25) is 9.88 Å². The van der Waals surface area contributed by atoms with E-state index in [-0.39, 0.29) is 0 Å². The summed E-state index contributed by atoms with van der Waals surface area (Å²) in [7, 11) is 0. The molecule has 1 N–H and O–H groups in total. The van der Waals surface area contributed by atoms with Crippen LogP contribution in [0.2, 0.25) is 0 Å². The Labute approximate surface area is 118 Å². The van der Waals surface area contributed by atoms with Crippen molar-refractivity contribution in [2.45, 2.75) is 12.5 Å². The average molecular weight is 273 g/mol. The Kier molecular flexibility index (Phi) is 4.23. The third-order valence-corrected chi connectivity index (χ3v) is 4.48. The number of nitrogens with one attached hydrogen (secondary N) is 1. The van der Waals surface area contributed by atoms with Gasteiger partial charge in [-0.25, -0.2) is 0 Å². The predicted octanol–water partition coefficient (Wildman–Crippen LogP) is 2.53. The maximum atomic E-state index is 4.30. The molecule has 1 unspecified atom stereocenters. The Balaban J connectivity index is 1.92. The van der Waals surface area contributed by atoms with Crippen LogP contribution >= 0.6 is 11.3 Å². The maximum Gasteiger partial charge on any atom is 0.0711 e. The van der Waals surface area contributed by atoms with E-state index < -0.39 is 0 Å². The van der Waals surface area contributed by atoms with Crippen LogP contribution in [-0.4, -0.2) is 36.1 Å². The van der Waals surface area contributed by atoms with Gasteiger partial charge in [0, 0.05) is 36.9 Å². The number of hydrogen-bond acceptors (Lipinski definition) is 4. The molecule has 1 fully saturated rings. The molecule has 2 aromatic heterocycles. The Morgan fingerprint density at radius 1 is 1.21 bits per heavy atom. The zero-order valence-electron chi connectivity index (χ0n) is 11.0. The van der Waals surface area contributed by atoms with Crippen molar-refractivity contribution in [3.8, 4) is 0 Å². The van der Waals surface area contributed by atoms with Gasteiger partial charge >= 0.3 is 0 Å². The van der Waals surface area contributed by atoms with Crippen LogP contribution in [0.3, 0.4) is 0 Å². The Bertz CT molecular complexity index is 475. The highest BCUT2D eigenvalue weighted by molar-refractivity contribution is 7.10. The molecule has 3 rings (SSSR count). The Morgan fingerprint density at radius 2 is 2.21 bits per heavy atom. The minimum atomic E-state index is 0.355. The molecule has 1 saturated heterocycles. The molecule has 3 heterocycles. The summed E-state index contributed by atoms with van der Waals surface area (Å²) >= 11 is 1.84. The van der Waals surface area contributed by atoms with Gasteiger partial charge in [0.1, 0.15) is 0 Å². The van der Waals surface area contributed by atoms with E-state index in [9.17, 15) is 0 Å². The largest absolute Gasteiger partial charge is 0.315 e. The number of nitrogens with zero attached hydrogens (tertiary/aromatic N) is 2. The third-order valence-electron chi connectivity index (χ3n) is 3.55. The fraction of sp³-hybridized carbons (Fsp3) is 0.400. The first-order valence-electron chi connectivity index (χ1n) is 6.83. The summed E-state index contributed by atoms with van der Waals surface area (Å²) in [6, 6.07) is 8.95. The lowest BCUT2D eigenvalue weighted by Crippen LogP contribution is -2.32. The lowest BCUT2D eigenvalue weighted by atomic mass is 10.1. The van der Waals surface area contributed by atoms with Crippen molar-refractivity contribution in [1.29, 1.82) is 0 Å². The van der Waals surface area contributed by atoms with Crippen molar-refractivity contribution in [3.63, 3.8) is 0 Å². The molecule has 19 heavy (non-hydrogen) atoms. The highest BCUT2D eigenvalue weighted by Gasteiger charge is 2.23. The van der Waals surface area contributed by atoms with Gasteiger partial charge in [0.15, 0.2) is 0 Å². The predicted molar refractivity (Wildman–Crippen MR) is 79.5 cm³/mol. The van der Waals surface area contributed by atoms with E-state index in [2.05, 4.69) is 38.8 Å². The van der Waals surface area contributed by atoms with Crippen LogP contribution in [0.4, 0.5) is 0 Å². The van der Waals surface area contributed by atoms with Crippen LogP contribution < -0.4 is 5.32 Å². The molecule has 0 amide bonds. The zero-order valence-corrected chi connectivity index (χ0v) is 11.8. The van der Waals surface area contributed by atoms with Crippen LogP contribution in [0.5, 0.6) is 0 Å². The third kappa shape index (κ3) is 3.03. The molecule has 0 spiro atoms. The first-order valence-corrected chi connectivity index (χ1v) is 7.71. The smallest absolute Gasteiger partial charge is 0.0711 e. The van der Waals surface area contributed by atoms with Gasteiger partial charge in [0.25, 0.3) is 0 Å². The van der Waals surface area contributed by atoms with Crippen LogP contribution in [-0.2, 0) is 0 Å². The van der Waals surface area contributed by atoms with Gasteiger partial charge in [-0.15, -0.1) is 11.3 Å². The molecule has 0 aromatic carbocycles. The molecule has 0 aliphatic carbocycles.